The van der Waals surface area contributed by atoms with Crippen molar-refractivity contribution in [1.82, 2.24) is 62.1 Å². The summed E-state index contributed by atoms with van der Waals surface area (Å²) in [6, 6.07) is 9.19. The quantitative estimate of drug-likeness (QED) is 0.0529. The Hall–Kier alpha value is -8.00. The third kappa shape index (κ3) is 20.8. The number of urea groups is 1. The van der Waals surface area contributed by atoms with Gasteiger partial charge in [-0.2, -0.15) is 0 Å². The van der Waals surface area contributed by atoms with Crippen molar-refractivity contribution in [2.45, 2.75) is 197 Å². The smallest absolute Gasteiger partial charge is 0.315 e. The average Bonchev–Trinajstić information content (AvgIpc) is 1.53. The first-order valence-electron chi connectivity index (χ1n) is 33.8. The number of halogens is 1. The molecule has 2 aliphatic heterocycles. The van der Waals surface area contributed by atoms with Crippen molar-refractivity contribution in [2.24, 2.45) is 62.9 Å². The average molecular weight is 1430 g/mol. The van der Waals surface area contributed by atoms with Crippen LogP contribution in [0.4, 0.5) is 4.79 Å². The number of likely N-dealkylation sites (tertiary alicyclic amines) is 2. The molecular weight excluding hydrogens is 1300 g/mol. The van der Waals surface area contributed by atoms with Crippen molar-refractivity contribution in [3.05, 3.63) is 71.8 Å². The lowest BCUT2D eigenvalue weighted by atomic mass is 9.85. The molecule has 26 nitrogen and oxygen atoms in total. The van der Waals surface area contributed by atoms with Gasteiger partial charge in [-0.05, 0) is 102 Å². The maximum Gasteiger partial charge on any atom is 0.315 e. The molecule has 8 rings (SSSR count). The van der Waals surface area contributed by atoms with Crippen LogP contribution in [0.15, 0.2) is 60.7 Å². The molecule has 4 aliphatic carbocycles. The number of hydrogen-bond donors (Lipinski definition) is 9. The topological polar surface area (TPSA) is 357 Å². The van der Waals surface area contributed by atoms with Crippen molar-refractivity contribution in [1.29, 1.82) is 0 Å². The summed E-state index contributed by atoms with van der Waals surface area (Å²) < 4.78 is 0. The van der Waals surface area contributed by atoms with Crippen LogP contribution in [0.3, 0.4) is 0 Å². The van der Waals surface area contributed by atoms with Gasteiger partial charge >= 0.3 is 6.03 Å². The van der Waals surface area contributed by atoms with E-state index in [1.165, 1.54) is 14.7 Å². The van der Waals surface area contributed by atoms with Gasteiger partial charge in [0.05, 0.1) is 31.2 Å². The van der Waals surface area contributed by atoms with E-state index in [1.807, 2.05) is 76.2 Å². The van der Waals surface area contributed by atoms with Crippen molar-refractivity contribution in [3.8, 4) is 0 Å². The first kappa shape index (κ1) is 84.4. The number of nitrogens with one attached hydrogen (secondary N) is 8. The largest absolute Gasteiger partial charge is 0.347 e. The molecule has 568 valence electrons. The fourth-order valence-corrected chi connectivity index (χ4v) is 13.5. The Morgan fingerprint density at radius 2 is 0.880 bits per heavy atom. The number of benzene rings is 2. The Morgan fingerprint density at radius 1 is 0.530 bits per heavy atom. The number of carbonyl (C=O) groups excluding carboxylic acids is 13. The zero-order valence-electron chi connectivity index (χ0n) is 60.0. The van der Waals surface area contributed by atoms with Gasteiger partial charge in [0.1, 0.15) is 30.2 Å². The molecule has 2 saturated heterocycles. The van der Waals surface area contributed by atoms with Gasteiger partial charge in [0.25, 0.3) is 11.8 Å². The van der Waals surface area contributed by atoms with E-state index in [4.69, 9.17) is 5.73 Å². The molecule has 6 fully saturated rings. The fraction of sp³-hybridized carbons (Fsp3) is 0.658. The number of carbonyl (C=O) groups is 13. The standard InChI is InChI=1S/C38H57N7O7.C33H48N6O6.2CH4.ClH.6H2/c1-36(2,3)30(42-35(52)43-37(4,5)6)34(51)45-20-23-26(38(23,7)8)28(45)31(48)40-24(18-21-16-17-21)29(47)32(49)39-19-25(46)41-27(33(50)44(9)10)22-14-12-11-13-15-22;1-32(2,3)27(34)31(45)39-17-20-23(33(20,4)5)25(39)28(42)36-21(15-18-13-14-18)26(41)29(43)35-16-22(40)37-24(30(44)38(6)7)19-11-9-8-10-12-19;;;;;;;;;/h11-15,21,23-24,26-28,30H,16-20H2,1-10H3,(H,39,49)(H,40,48)(H,41,46)(H2,42,43,52);8-12,18,20-21,23-25,27H,13-17,34H2,1-7H3,(H,35,43)(H,36,42)(H,37,40);2*1H4;7*1H/t23-,24?,26-,27-,28?,30+;20-,21?,23-,24-,25?,27+;;;;;;;;;/m00........./s1. The third-order valence-electron chi connectivity index (χ3n) is 19.9. The number of Topliss-reactive ketones (excluding diaryl/α,β-unsaturated/α-hetero) is 2. The molecule has 12 amide bonds. The number of fused-ring (bicyclic) bond motifs is 2. The van der Waals surface area contributed by atoms with E-state index < -0.39 is 137 Å². The van der Waals surface area contributed by atoms with Gasteiger partial charge < -0.3 is 67.9 Å². The number of amides is 12. The monoisotopic (exact) mass is 1430 g/mol. The molecule has 2 aromatic rings. The number of piperidine rings is 2. The number of rotatable bonds is 25. The summed E-state index contributed by atoms with van der Waals surface area (Å²) in [4.78, 5) is 179. The van der Waals surface area contributed by atoms with Gasteiger partial charge in [0, 0.05) is 55.4 Å². The molecule has 12 atom stereocenters. The van der Waals surface area contributed by atoms with Crippen LogP contribution in [0.2, 0.25) is 0 Å². The van der Waals surface area contributed by atoms with E-state index in [0.29, 0.717) is 24.2 Å². The maximum absolute atomic E-state index is 14.2. The highest BCUT2D eigenvalue weighted by Gasteiger charge is 2.71. The Balaban J connectivity index is -0.00000186. The lowest BCUT2D eigenvalue weighted by Gasteiger charge is -2.38. The van der Waals surface area contributed by atoms with Crippen LogP contribution in [-0.2, 0) is 57.5 Å². The predicted molar refractivity (Wildman–Crippen MR) is 395 cm³/mol. The minimum Gasteiger partial charge on any atom is -0.347 e. The van der Waals surface area contributed by atoms with Crippen LogP contribution < -0.4 is 48.3 Å². The molecule has 2 heterocycles. The van der Waals surface area contributed by atoms with E-state index >= 15 is 0 Å². The van der Waals surface area contributed by atoms with Crippen LogP contribution in [0.1, 0.15) is 175 Å². The van der Waals surface area contributed by atoms with Crippen molar-refractivity contribution >= 4 is 89.1 Å². The van der Waals surface area contributed by atoms with Crippen LogP contribution in [0, 0.1) is 57.2 Å². The van der Waals surface area contributed by atoms with E-state index in [2.05, 4.69) is 56.4 Å². The predicted octanol–water partition coefficient (Wildman–Crippen LogP) is 5.83. The molecule has 27 heteroatoms. The van der Waals surface area contributed by atoms with Gasteiger partial charge in [-0.15, -0.1) is 12.4 Å². The summed E-state index contributed by atoms with van der Waals surface area (Å²) in [7, 11) is 6.28. The highest BCUT2D eigenvalue weighted by atomic mass is 35.5. The van der Waals surface area contributed by atoms with E-state index in [1.54, 1.807) is 93.8 Å². The van der Waals surface area contributed by atoms with E-state index in [-0.39, 0.29) is 113 Å². The fourth-order valence-electron chi connectivity index (χ4n) is 13.5. The summed E-state index contributed by atoms with van der Waals surface area (Å²) in [6.07, 6.45) is 4.01. The second-order valence-corrected chi connectivity index (χ2v) is 32.1. The molecule has 4 saturated carbocycles. The molecule has 0 bridgehead atoms. The Morgan fingerprint density at radius 3 is 1.19 bits per heavy atom. The Bertz CT molecular complexity index is 3370. The van der Waals surface area contributed by atoms with Crippen LogP contribution >= 0.6 is 12.4 Å². The number of ketones is 2. The second kappa shape index (κ2) is 33.2. The van der Waals surface area contributed by atoms with Crippen molar-refractivity contribution < 1.29 is 70.9 Å². The van der Waals surface area contributed by atoms with Crippen LogP contribution in [0.25, 0.3) is 0 Å². The molecule has 6 aliphatic rings. The molecule has 0 radical (unpaired) electrons. The van der Waals surface area contributed by atoms with E-state index in [9.17, 15) is 62.3 Å². The van der Waals surface area contributed by atoms with Crippen molar-refractivity contribution in [2.75, 3.05) is 54.4 Å². The van der Waals surface area contributed by atoms with Crippen molar-refractivity contribution in [3.63, 3.8) is 0 Å². The lowest BCUT2D eigenvalue weighted by molar-refractivity contribution is -0.145. The SMILES string of the molecule is C.C.CN(C)C(=O)[C@@H](NC(=O)CNC(=O)C(=O)C(CC1CC1)NC(=O)C1[C@@H]2[C@H](CN1C(=O)[C@@H](N)C(C)(C)C)C2(C)C)c1ccccc1.CN(C)C(=O)[C@@H](NC(=O)CNC(=O)C(=O)C(CC1CC1)NC(=O)C1[C@@H]2[C@H](CN1C(=O)[C@@H](NC(=O)NC(C)(C)C)C(C)(C)C)C2(C)C)c1ccccc1.Cl.[HH].[HH].[HH].[HH].[HH].[HH]. The number of likely N-dealkylation sites (N-methyl/N-ethyl adjacent to an activating group) is 2. The first-order chi connectivity index (χ1) is 45.0. The summed E-state index contributed by atoms with van der Waals surface area (Å²) in [5, 5.41) is 21.3. The molecule has 100 heavy (non-hydrogen) atoms. The van der Waals surface area contributed by atoms with Crippen LogP contribution in [0.5, 0.6) is 0 Å². The molecule has 10 N–H and O–H groups in total. The molecular formula is C73H126ClN13O13. The van der Waals surface area contributed by atoms with Gasteiger partial charge in [0.2, 0.25) is 58.8 Å². The number of nitrogens with zero attached hydrogens (tertiary/aromatic N) is 4. The third-order valence-corrected chi connectivity index (χ3v) is 19.9. The highest BCUT2D eigenvalue weighted by Crippen LogP contribution is 2.66. The lowest BCUT2D eigenvalue weighted by Crippen LogP contribution is -2.62. The maximum atomic E-state index is 14.2. The number of nitrogens with two attached hydrogens (primary N) is 1. The zero-order valence-corrected chi connectivity index (χ0v) is 60.8. The first-order valence-corrected chi connectivity index (χ1v) is 33.8. The second-order valence-electron chi connectivity index (χ2n) is 32.1. The highest BCUT2D eigenvalue weighted by molar-refractivity contribution is 6.39. The number of hydrogen-bond acceptors (Lipinski definition) is 14. The van der Waals surface area contributed by atoms with Gasteiger partial charge in [-0.25, -0.2) is 4.79 Å². The molecule has 0 aromatic heterocycles. The molecule has 2 aromatic carbocycles. The van der Waals surface area contributed by atoms with E-state index in [0.717, 1.165) is 25.7 Å². The van der Waals surface area contributed by atoms with Gasteiger partial charge in [-0.3, -0.25) is 57.5 Å². The summed E-state index contributed by atoms with van der Waals surface area (Å²) in [5.74, 6) is -7.27. The molecule has 0 spiro atoms. The Kier molecular flexibility index (Phi) is 28.0. The minimum atomic E-state index is -1.16. The summed E-state index contributed by atoms with van der Waals surface area (Å²) in [6.45, 7) is 24.5. The normalized spacial score (nSPS) is 22.1. The summed E-state index contributed by atoms with van der Waals surface area (Å²) in [5.41, 5.74) is 5.33. The minimum absolute atomic E-state index is 0. The molecule has 4 unspecified atom stereocenters. The van der Waals surface area contributed by atoms with Crippen LogP contribution in [-0.4, -0.2) is 192 Å². The van der Waals surface area contributed by atoms with Gasteiger partial charge in [0.15, 0.2) is 0 Å². The zero-order chi connectivity index (χ0) is 72.4. The summed E-state index contributed by atoms with van der Waals surface area (Å²) >= 11 is 0. The van der Waals surface area contributed by atoms with Gasteiger partial charge in [-0.1, -0.05) is 170 Å². The Labute approximate surface area is 606 Å².